The van der Waals surface area contributed by atoms with E-state index in [0.717, 1.165) is 11.3 Å². The second-order valence-corrected chi connectivity index (χ2v) is 4.65. The fourth-order valence-corrected chi connectivity index (χ4v) is 1.86. The standard InChI is InChI=1S/C14H16ClNO2/c1-10(14-3-2-8-18-14)16-9-13(17)11-4-6-12(15)7-5-11/h2-8,10,13,16-17H,9H2,1H3. The van der Waals surface area contributed by atoms with Crippen molar-refractivity contribution in [2.24, 2.45) is 0 Å². The second-order valence-electron chi connectivity index (χ2n) is 4.21. The zero-order valence-corrected chi connectivity index (χ0v) is 10.9. The minimum atomic E-state index is -0.556. The van der Waals surface area contributed by atoms with Gasteiger partial charge in [0.1, 0.15) is 5.76 Å². The van der Waals surface area contributed by atoms with Gasteiger partial charge in [-0.15, -0.1) is 0 Å². The highest BCUT2D eigenvalue weighted by atomic mass is 35.5. The molecule has 18 heavy (non-hydrogen) atoms. The quantitative estimate of drug-likeness (QED) is 0.872. The van der Waals surface area contributed by atoms with Gasteiger partial charge >= 0.3 is 0 Å². The van der Waals surface area contributed by atoms with Gasteiger partial charge in [-0.2, -0.15) is 0 Å². The van der Waals surface area contributed by atoms with Gasteiger partial charge in [0.05, 0.1) is 18.4 Å². The molecule has 1 aromatic carbocycles. The summed E-state index contributed by atoms with van der Waals surface area (Å²) in [7, 11) is 0. The maximum Gasteiger partial charge on any atom is 0.120 e. The molecule has 0 aliphatic carbocycles. The highest BCUT2D eigenvalue weighted by Gasteiger charge is 2.11. The Labute approximate surface area is 111 Å². The summed E-state index contributed by atoms with van der Waals surface area (Å²) in [5.74, 6) is 0.860. The van der Waals surface area contributed by atoms with Crippen LogP contribution in [0.2, 0.25) is 5.02 Å². The number of hydrogen-bond donors (Lipinski definition) is 2. The molecule has 3 nitrogen and oxygen atoms in total. The molecule has 0 bridgehead atoms. The zero-order chi connectivity index (χ0) is 13.0. The Hall–Kier alpha value is -1.29. The Balaban J connectivity index is 1.88. The van der Waals surface area contributed by atoms with Crippen molar-refractivity contribution in [3.8, 4) is 0 Å². The van der Waals surface area contributed by atoms with E-state index in [1.54, 1.807) is 18.4 Å². The van der Waals surface area contributed by atoms with Gasteiger partial charge in [0.2, 0.25) is 0 Å². The molecule has 0 amide bonds. The molecule has 0 aliphatic rings. The fourth-order valence-electron chi connectivity index (χ4n) is 1.73. The molecule has 0 aliphatic heterocycles. The molecule has 1 aromatic heterocycles. The van der Waals surface area contributed by atoms with Crippen molar-refractivity contribution in [2.45, 2.75) is 19.1 Å². The predicted octanol–water partition coefficient (Wildman–Crippen LogP) is 3.32. The third-order valence-electron chi connectivity index (χ3n) is 2.84. The lowest BCUT2D eigenvalue weighted by Crippen LogP contribution is -2.24. The zero-order valence-electron chi connectivity index (χ0n) is 10.1. The van der Waals surface area contributed by atoms with Crippen LogP contribution >= 0.6 is 11.6 Å². The average Bonchev–Trinajstić information content (AvgIpc) is 2.90. The fraction of sp³-hybridized carbons (Fsp3) is 0.286. The van der Waals surface area contributed by atoms with E-state index in [4.69, 9.17) is 16.0 Å². The first-order chi connectivity index (χ1) is 8.66. The number of rotatable bonds is 5. The smallest absolute Gasteiger partial charge is 0.120 e. The molecule has 2 unspecified atom stereocenters. The van der Waals surface area contributed by atoms with E-state index in [1.807, 2.05) is 31.2 Å². The first-order valence-corrected chi connectivity index (χ1v) is 6.25. The first-order valence-electron chi connectivity index (χ1n) is 5.87. The normalized spacial score (nSPS) is 14.4. The number of aliphatic hydroxyl groups is 1. The Kier molecular flexibility index (Phi) is 4.42. The van der Waals surface area contributed by atoms with Crippen molar-refractivity contribution in [3.05, 3.63) is 59.0 Å². The highest BCUT2D eigenvalue weighted by molar-refractivity contribution is 6.30. The van der Waals surface area contributed by atoms with E-state index in [-0.39, 0.29) is 6.04 Å². The molecule has 0 saturated carbocycles. The topological polar surface area (TPSA) is 45.4 Å². The van der Waals surface area contributed by atoms with E-state index in [0.29, 0.717) is 11.6 Å². The summed E-state index contributed by atoms with van der Waals surface area (Å²) >= 11 is 5.80. The molecule has 2 atom stereocenters. The minimum Gasteiger partial charge on any atom is -0.468 e. The lowest BCUT2D eigenvalue weighted by atomic mass is 10.1. The van der Waals surface area contributed by atoms with Gasteiger partial charge < -0.3 is 14.8 Å². The molecule has 0 spiro atoms. The van der Waals surface area contributed by atoms with Crippen LogP contribution in [0.1, 0.15) is 30.4 Å². The maximum absolute atomic E-state index is 10.0. The SMILES string of the molecule is CC(NCC(O)c1ccc(Cl)cc1)c1ccco1. The summed E-state index contributed by atoms with van der Waals surface area (Å²) < 4.78 is 5.29. The summed E-state index contributed by atoms with van der Waals surface area (Å²) in [4.78, 5) is 0. The minimum absolute atomic E-state index is 0.0713. The van der Waals surface area contributed by atoms with Crippen LogP contribution in [0.15, 0.2) is 47.1 Å². The van der Waals surface area contributed by atoms with E-state index in [1.165, 1.54) is 0 Å². The molecule has 0 radical (unpaired) electrons. The van der Waals surface area contributed by atoms with Crippen LogP contribution in [-0.2, 0) is 0 Å². The monoisotopic (exact) mass is 265 g/mol. The van der Waals surface area contributed by atoms with Crippen LogP contribution in [0.5, 0.6) is 0 Å². The Morgan fingerprint density at radius 3 is 2.61 bits per heavy atom. The van der Waals surface area contributed by atoms with Gasteiger partial charge in [0.15, 0.2) is 0 Å². The molecule has 1 heterocycles. The van der Waals surface area contributed by atoms with Gasteiger partial charge in [0.25, 0.3) is 0 Å². The van der Waals surface area contributed by atoms with Crippen LogP contribution in [0.25, 0.3) is 0 Å². The number of nitrogens with one attached hydrogen (secondary N) is 1. The molecule has 0 fully saturated rings. The Morgan fingerprint density at radius 2 is 2.00 bits per heavy atom. The molecular formula is C14H16ClNO2. The van der Waals surface area contributed by atoms with Crippen LogP contribution in [0.4, 0.5) is 0 Å². The summed E-state index contributed by atoms with van der Waals surface area (Å²) in [5.41, 5.74) is 0.846. The van der Waals surface area contributed by atoms with Crippen molar-refractivity contribution in [1.82, 2.24) is 5.32 Å². The average molecular weight is 266 g/mol. The highest BCUT2D eigenvalue weighted by Crippen LogP contribution is 2.17. The van der Waals surface area contributed by atoms with Crippen molar-refractivity contribution < 1.29 is 9.52 Å². The van der Waals surface area contributed by atoms with E-state index in [9.17, 15) is 5.11 Å². The van der Waals surface area contributed by atoms with Gasteiger partial charge in [-0.05, 0) is 36.8 Å². The van der Waals surface area contributed by atoms with Gasteiger partial charge in [-0.25, -0.2) is 0 Å². The van der Waals surface area contributed by atoms with E-state index >= 15 is 0 Å². The Morgan fingerprint density at radius 1 is 1.28 bits per heavy atom. The summed E-state index contributed by atoms with van der Waals surface area (Å²) in [6.07, 6.45) is 1.09. The summed E-state index contributed by atoms with van der Waals surface area (Å²) in [5, 5.41) is 13.9. The third kappa shape index (κ3) is 3.35. The maximum atomic E-state index is 10.0. The Bertz CT molecular complexity index is 467. The van der Waals surface area contributed by atoms with Gasteiger partial charge in [-0.1, -0.05) is 23.7 Å². The number of halogens is 1. The van der Waals surface area contributed by atoms with Crippen molar-refractivity contribution in [2.75, 3.05) is 6.54 Å². The van der Waals surface area contributed by atoms with Crippen molar-refractivity contribution in [1.29, 1.82) is 0 Å². The molecular weight excluding hydrogens is 250 g/mol. The molecule has 2 N–H and O–H groups in total. The van der Waals surface area contributed by atoms with E-state index < -0.39 is 6.10 Å². The molecule has 0 saturated heterocycles. The largest absolute Gasteiger partial charge is 0.468 e. The van der Waals surface area contributed by atoms with Crippen LogP contribution in [0, 0.1) is 0 Å². The van der Waals surface area contributed by atoms with E-state index in [2.05, 4.69) is 5.32 Å². The van der Waals surface area contributed by atoms with Crippen molar-refractivity contribution >= 4 is 11.6 Å². The van der Waals surface area contributed by atoms with Gasteiger partial charge in [-0.3, -0.25) is 0 Å². The van der Waals surface area contributed by atoms with Gasteiger partial charge in [0, 0.05) is 11.6 Å². The lowest BCUT2D eigenvalue weighted by molar-refractivity contribution is 0.169. The number of furan rings is 1. The predicted molar refractivity (Wildman–Crippen MR) is 71.5 cm³/mol. The molecule has 4 heteroatoms. The third-order valence-corrected chi connectivity index (χ3v) is 3.09. The summed E-state index contributed by atoms with van der Waals surface area (Å²) in [6.45, 7) is 2.46. The number of hydrogen-bond acceptors (Lipinski definition) is 3. The summed E-state index contributed by atoms with van der Waals surface area (Å²) in [6, 6.07) is 11.0. The molecule has 2 rings (SSSR count). The number of benzene rings is 1. The second kappa shape index (κ2) is 6.05. The first kappa shape index (κ1) is 13.1. The molecule has 96 valence electrons. The van der Waals surface area contributed by atoms with Crippen LogP contribution < -0.4 is 5.32 Å². The van der Waals surface area contributed by atoms with Crippen molar-refractivity contribution in [3.63, 3.8) is 0 Å². The van der Waals surface area contributed by atoms with Crippen LogP contribution in [-0.4, -0.2) is 11.7 Å². The number of aliphatic hydroxyl groups excluding tert-OH is 1. The van der Waals surface area contributed by atoms with Crippen LogP contribution in [0.3, 0.4) is 0 Å². The lowest BCUT2D eigenvalue weighted by Gasteiger charge is -2.16. The molecule has 2 aromatic rings.